The Morgan fingerprint density at radius 3 is 2.71 bits per heavy atom. The number of halogens is 1. The molecule has 3 heterocycles. The topological polar surface area (TPSA) is 117 Å². The van der Waals surface area contributed by atoms with E-state index in [0.29, 0.717) is 12.2 Å². The summed E-state index contributed by atoms with van der Waals surface area (Å²) in [6, 6.07) is 11.6. The Hall–Kier alpha value is -4.17. The van der Waals surface area contributed by atoms with Crippen LogP contribution < -0.4 is 16.0 Å². The fourth-order valence-electron chi connectivity index (χ4n) is 4.00. The number of benzene rings is 1. The van der Waals surface area contributed by atoms with Gasteiger partial charge in [0.1, 0.15) is 11.7 Å². The van der Waals surface area contributed by atoms with Crippen molar-refractivity contribution in [1.82, 2.24) is 20.1 Å². The van der Waals surface area contributed by atoms with Crippen LogP contribution in [0.5, 0.6) is 0 Å². The van der Waals surface area contributed by atoms with Crippen molar-refractivity contribution in [1.29, 1.82) is 5.26 Å². The molecule has 0 spiro atoms. The minimum Gasteiger partial charge on any atom is -0.444 e. The van der Waals surface area contributed by atoms with Crippen molar-refractivity contribution in [2.24, 2.45) is 0 Å². The Bertz CT molecular complexity index is 1470. The molecule has 0 unspecified atom stereocenters. The molecule has 4 rings (SSSR count). The van der Waals surface area contributed by atoms with Gasteiger partial charge in [-0.1, -0.05) is 12.1 Å². The Morgan fingerprint density at radius 2 is 2.05 bits per heavy atom. The number of hydrogen-bond acceptors (Lipinski definition) is 8. The van der Waals surface area contributed by atoms with Crippen LogP contribution in [-0.4, -0.2) is 32.5 Å². The van der Waals surface area contributed by atoms with Gasteiger partial charge in [-0.2, -0.15) is 10.4 Å². The number of ether oxygens (including phenoxy) is 1. The molecule has 0 saturated carbocycles. The van der Waals surface area contributed by atoms with Gasteiger partial charge in [-0.05, 0) is 64.3 Å². The monoisotopic (exact) mass is 535 g/mol. The first-order valence-corrected chi connectivity index (χ1v) is 13.1. The number of thiophene rings is 1. The lowest BCUT2D eigenvalue weighted by molar-refractivity contribution is 0.0503. The standard InChI is InChI=1S/C27H30FN7O2S/c1-6-35-21-10-7-9-20(18(21)15-30-35)32-24-17(14-29)13-19(28)25(34-24)33-23(22-11-8-12-38-22)16(2)31-26(36)37-27(3,4)5/h7-13,15-16,23H,6H2,1-5H3,(H,31,36)(H2,32,33,34)/t16-,23-/m0/s1. The number of nitriles is 1. The predicted molar refractivity (Wildman–Crippen MR) is 147 cm³/mol. The maximum absolute atomic E-state index is 15.2. The number of pyridine rings is 1. The summed E-state index contributed by atoms with van der Waals surface area (Å²) in [6.07, 6.45) is 1.16. The molecule has 0 radical (unpaired) electrons. The van der Waals surface area contributed by atoms with Crippen molar-refractivity contribution in [2.75, 3.05) is 10.6 Å². The van der Waals surface area contributed by atoms with E-state index in [2.05, 4.69) is 26.0 Å². The molecule has 4 aromatic rings. The number of carbonyl (C=O) groups is 1. The zero-order chi connectivity index (χ0) is 27.4. The Morgan fingerprint density at radius 1 is 1.26 bits per heavy atom. The van der Waals surface area contributed by atoms with Crippen molar-refractivity contribution >= 4 is 45.7 Å². The number of aryl methyl sites for hydroxylation is 1. The summed E-state index contributed by atoms with van der Waals surface area (Å²) < 4.78 is 22.4. The molecule has 0 saturated heterocycles. The summed E-state index contributed by atoms with van der Waals surface area (Å²) in [5.41, 5.74) is 1.02. The molecule has 0 bridgehead atoms. The lowest BCUT2D eigenvalue weighted by Gasteiger charge is -2.28. The highest BCUT2D eigenvalue weighted by atomic mass is 32.1. The van der Waals surface area contributed by atoms with Gasteiger partial charge >= 0.3 is 6.09 Å². The Balaban J connectivity index is 1.65. The molecule has 0 aliphatic heterocycles. The average molecular weight is 536 g/mol. The van der Waals surface area contributed by atoms with Crippen LogP contribution in [0.1, 0.15) is 51.1 Å². The van der Waals surface area contributed by atoms with E-state index in [1.165, 1.54) is 11.3 Å². The maximum Gasteiger partial charge on any atom is 0.407 e. The number of aromatic nitrogens is 3. The molecular formula is C27H30FN7O2S. The zero-order valence-electron chi connectivity index (χ0n) is 21.9. The Labute approximate surface area is 224 Å². The molecule has 0 aliphatic carbocycles. The molecule has 3 aromatic heterocycles. The molecule has 198 valence electrons. The number of fused-ring (bicyclic) bond motifs is 1. The van der Waals surface area contributed by atoms with E-state index in [-0.39, 0.29) is 17.2 Å². The summed E-state index contributed by atoms with van der Waals surface area (Å²) in [7, 11) is 0. The van der Waals surface area contributed by atoms with E-state index in [1.807, 2.05) is 53.4 Å². The largest absolute Gasteiger partial charge is 0.444 e. The van der Waals surface area contributed by atoms with Crippen LogP contribution in [0.15, 0.2) is 48.0 Å². The summed E-state index contributed by atoms with van der Waals surface area (Å²) in [5, 5.41) is 26.0. The van der Waals surface area contributed by atoms with Gasteiger partial charge in [0, 0.05) is 16.8 Å². The minimum atomic E-state index is -0.685. The lowest BCUT2D eigenvalue weighted by atomic mass is 10.1. The van der Waals surface area contributed by atoms with E-state index in [9.17, 15) is 10.1 Å². The molecule has 0 fully saturated rings. The Kier molecular flexibility index (Phi) is 7.83. The summed E-state index contributed by atoms with van der Waals surface area (Å²) in [4.78, 5) is 17.8. The first kappa shape index (κ1) is 26.9. The number of rotatable bonds is 8. The summed E-state index contributed by atoms with van der Waals surface area (Å²) in [5.74, 6) is -0.542. The van der Waals surface area contributed by atoms with E-state index in [4.69, 9.17) is 4.74 Å². The average Bonchev–Trinajstić information content (AvgIpc) is 3.53. The second-order valence-corrected chi connectivity index (χ2v) is 10.7. The number of nitrogens with zero attached hydrogens (tertiary/aromatic N) is 4. The van der Waals surface area contributed by atoms with E-state index >= 15 is 4.39 Å². The van der Waals surface area contributed by atoms with Crippen molar-refractivity contribution in [3.05, 3.63) is 64.2 Å². The quantitative estimate of drug-likeness (QED) is 0.241. The number of anilines is 3. The first-order valence-electron chi connectivity index (χ1n) is 12.2. The normalized spacial score (nSPS) is 13.0. The minimum absolute atomic E-state index is 0.0561. The van der Waals surface area contributed by atoms with Crippen LogP contribution >= 0.6 is 11.3 Å². The van der Waals surface area contributed by atoms with Gasteiger partial charge in [0.2, 0.25) is 0 Å². The number of amides is 1. The molecule has 11 heteroatoms. The van der Waals surface area contributed by atoms with Gasteiger partial charge in [-0.3, -0.25) is 4.68 Å². The maximum atomic E-state index is 15.2. The van der Waals surface area contributed by atoms with Crippen LogP contribution in [0.4, 0.5) is 26.5 Å². The van der Waals surface area contributed by atoms with Crippen molar-refractivity contribution in [3.63, 3.8) is 0 Å². The van der Waals surface area contributed by atoms with Gasteiger partial charge in [0.25, 0.3) is 0 Å². The number of carbonyl (C=O) groups excluding carboxylic acids is 1. The molecule has 1 amide bonds. The summed E-state index contributed by atoms with van der Waals surface area (Å²) >= 11 is 1.46. The van der Waals surface area contributed by atoms with E-state index < -0.39 is 29.6 Å². The van der Waals surface area contributed by atoms with Gasteiger partial charge in [-0.15, -0.1) is 11.3 Å². The molecule has 3 N–H and O–H groups in total. The molecule has 2 atom stereocenters. The van der Waals surface area contributed by atoms with Gasteiger partial charge in [-0.25, -0.2) is 14.2 Å². The number of alkyl carbamates (subject to hydrolysis) is 1. The SMILES string of the molecule is CCn1ncc2c(Nc3nc(N[C@H](c4cccs4)[C@H](C)NC(=O)OC(C)(C)C)c(F)cc3C#N)cccc21. The van der Waals surface area contributed by atoms with Crippen molar-refractivity contribution in [2.45, 2.75) is 58.8 Å². The number of nitrogens with one attached hydrogen (secondary N) is 3. The molecule has 0 aliphatic rings. The van der Waals surface area contributed by atoms with Crippen molar-refractivity contribution < 1.29 is 13.9 Å². The fourth-order valence-corrected chi connectivity index (χ4v) is 4.88. The second-order valence-electron chi connectivity index (χ2n) is 9.72. The van der Waals surface area contributed by atoms with Gasteiger partial charge in [0.15, 0.2) is 17.5 Å². The smallest absolute Gasteiger partial charge is 0.407 e. The van der Waals surface area contributed by atoms with Crippen LogP contribution in [0.2, 0.25) is 0 Å². The molecular weight excluding hydrogens is 505 g/mol. The third-order valence-electron chi connectivity index (χ3n) is 5.72. The lowest BCUT2D eigenvalue weighted by Crippen LogP contribution is -2.42. The highest BCUT2D eigenvalue weighted by Gasteiger charge is 2.26. The van der Waals surface area contributed by atoms with Crippen molar-refractivity contribution in [3.8, 4) is 6.07 Å². The van der Waals surface area contributed by atoms with Gasteiger partial charge < -0.3 is 20.7 Å². The van der Waals surface area contributed by atoms with E-state index in [1.54, 1.807) is 33.9 Å². The first-order chi connectivity index (χ1) is 18.1. The molecule has 1 aromatic carbocycles. The highest BCUT2D eigenvalue weighted by Crippen LogP contribution is 2.31. The zero-order valence-corrected chi connectivity index (χ0v) is 22.7. The fraction of sp³-hybridized carbons (Fsp3) is 0.333. The van der Waals surface area contributed by atoms with Crippen LogP contribution in [0.3, 0.4) is 0 Å². The third-order valence-corrected chi connectivity index (χ3v) is 6.68. The second kappa shape index (κ2) is 11.1. The highest BCUT2D eigenvalue weighted by molar-refractivity contribution is 7.10. The summed E-state index contributed by atoms with van der Waals surface area (Å²) in [6.45, 7) is 9.86. The number of hydrogen-bond donors (Lipinski definition) is 3. The van der Waals surface area contributed by atoms with Crippen LogP contribution in [0, 0.1) is 17.1 Å². The predicted octanol–water partition coefficient (Wildman–Crippen LogP) is 6.33. The van der Waals surface area contributed by atoms with Crippen LogP contribution in [-0.2, 0) is 11.3 Å². The van der Waals surface area contributed by atoms with Crippen LogP contribution in [0.25, 0.3) is 10.9 Å². The molecule has 38 heavy (non-hydrogen) atoms. The third kappa shape index (κ3) is 6.03. The van der Waals surface area contributed by atoms with Gasteiger partial charge in [0.05, 0.1) is 35.0 Å². The molecule has 9 nitrogen and oxygen atoms in total. The van der Waals surface area contributed by atoms with E-state index in [0.717, 1.165) is 21.8 Å².